The van der Waals surface area contributed by atoms with Crippen molar-refractivity contribution in [1.82, 2.24) is 9.78 Å². The van der Waals surface area contributed by atoms with E-state index >= 15 is 0 Å². The number of hydrogen-bond acceptors (Lipinski definition) is 8. The summed E-state index contributed by atoms with van der Waals surface area (Å²) in [5, 5.41) is 3.88. The lowest BCUT2D eigenvalue weighted by Gasteiger charge is -2.33. The van der Waals surface area contributed by atoms with Gasteiger partial charge in [0.2, 0.25) is 0 Å². The molecule has 7 nitrogen and oxygen atoms in total. The minimum atomic E-state index is -1.12. The number of nitrogens with zero attached hydrogens (tertiary/aromatic N) is 3. The third kappa shape index (κ3) is 6.21. The largest absolute Gasteiger partial charge is 0.459 e. The topological polar surface area (TPSA) is 73.7 Å². The normalized spacial score (nSPS) is 21.8. The molecule has 1 aromatic heterocycles. The number of hydrogen-bond donors (Lipinski definition) is 0. The molecule has 3 heterocycles. The summed E-state index contributed by atoms with van der Waals surface area (Å²) in [6.45, 7) is 14.2. The number of thioether (sulfide) groups is 2. The fourth-order valence-corrected chi connectivity index (χ4v) is 6.19. The number of Topliss-reactive ketones (excluding diaryl/α,β-unsaturated/α-hetero) is 1. The number of anilines is 1. The standard InChI is InChI=1S/C22H35N3O4S2Si/c1-22(2,3)29-21(27)20-18-15(13-31-20)25(12-16(30-4)19(18)26)17-8-9-24(23-17)14-28-10-11-32(5,6)7/h8-9,16,20H,10-14H2,1-7H3. The molecule has 2 aliphatic rings. The van der Waals surface area contributed by atoms with Gasteiger partial charge in [-0.25, -0.2) is 4.68 Å². The van der Waals surface area contributed by atoms with Gasteiger partial charge >= 0.3 is 5.97 Å². The number of ether oxygens (including phenoxy) is 2. The number of aromatic nitrogens is 2. The maximum Gasteiger partial charge on any atom is 0.324 e. The van der Waals surface area contributed by atoms with Crippen molar-refractivity contribution in [3.05, 3.63) is 23.5 Å². The zero-order chi connectivity index (χ0) is 23.7. The third-order valence-corrected chi connectivity index (χ3v) is 9.06. The van der Waals surface area contributed by atoms with Crippen molar-refractivity contribution in [1.29, 1.82) is 0 Å². The molecule has 1 aromatic rings. The van der Waals surface area contributed by atoms with Crippen LogP contribution in [0.3, 0.4) is 0 Å². The first-order valence-electron chi connectivity index (χ1n) is 10.9. The van der Waals surface area contributed by atoms with Crippen LogP contribution in [0.1, 0.15) is 20.8 Å². The minimum absolute atomic E-state index is 0.0405. The maximum absolute atomic E-state index is 13.2. The highest BCUT2D eigenvalue weighted by Gasteiger charge is 2.46. The van der Waals surface area contributed by atoms with Crippen LogP contribution in [0.4, 0.5) is 5.82 Å². The van der Waals surface area contributed by atoms with Gasteiger partial charge in [-0.3, -0.25) is 9.59 Å². The van der Waals surface area contributed by atoms with Crippen LogP contribution in [0.25, 0.3) is 0 Å². The molecule has 0 saturated carbocycles. The van der Waals surface area contributed by atoms with Crippen molar-refractivity contribution >= 4 is 49.2 Å². The second-order valence-electron chi connectivity index (χ2n) is 10.3. The van der Waals surface area contributed by atoms with E-state index in [9.17, 15) is 9.59 Å². The molecule has 0 aliphatic carbocycles. The van der Waals surface area contributed by atoms with E-state index in [1.54, 1.807) is 4.68 Å². The zero-order valence-corrected chi connectivity index (χ0v) is 22.8. The molecular formula is C22H35N3O4S2Si. The molecule has 10 heteroatoms. The van der Waals surface area contributed by atoms with Crippen molar-refractivity contribution in [3.8, 4) is 0 Å². The summed E-state index contributed by atoms with van der Waals surface area (Å²) in [7, 11) is -1.12. The Morgan fingerprint density at radius 1 is 1.34 bits per heavy atom. The molecule has 178 valence electrons. The van der Waals surface area contributed by atoms with Gasteiger partial charge in [-0.15, -0.1) is 11.8 Å². The SMILES string of the molecule is CSC1CN(c2ccn(COCC[Si](C)(C)C)n2)C2=C(C1=O)C(C(=O)OC(C)(C)C)SC2. The zero-order valence-electron chi connectivity index (χ0n) is 20.1. The van der Waals surface area contributed by atoms with Crippen molar-refractivity contribution in [2.75, 3.05) is 30.1 Å². The molecule has 0 bridgehead atoms. The molecule has 0 radical (unpaired) electrons. The fourth-order valence-electron chi connectivity index (χ4n) is 3.56. The van der Waals surface area contributed by atoms with Gasteiger partial charge in [-0.05, 0) is 33.1 Å². The quantitative estimate of drug-likeness (QED) is 0.303. The van der Waals surface area contributed by atoms with Crippen LogP contribution >= 0.6 is 23.5 Å². The highest BCUT2D eigenvalue weighted by atomic mass is 32.2. The summed E-state index contributed by atoms with van der Waals surface area (Å²) in [6, 6.07) is 3.06. The van der Waals surface area contributed by atoms with Crippen LogP contribution in [0.15, 0.2) is 23.5 Å². The van der Waals surface area contributed by atoms with Crippen molar-refractivity contribution in [2.24, 2.45) is 0 Å². The molecule has 3 rings (SSSR count). The Kier molecular flexibility index (Phi) is 7.89. The van der Waals surface area contributed by atoms with Gasteiger partial charge in [0.05, 0.1) is 5.25 Å². The summed E-state index contributed by atoms with van der Waals surface area (Å²) in [5.74, 6) is 1.07. The smallest absolute Gasteiger partial charge is 0.324 e. The van der Waals surface area contributed by atoms with Crippen LogP contribution in [0.5, 0.6) is 0 Å². The second-order valence-corrected chi connectivity index (χ2v) is 18.1. The molecule has 0 fully saturated rings. The van der Waals surface area contributed by atoms with Gasteiger partial charge in [0, 0.05) is 50.5 Å². The van der Waals surface area contributed by atoms with Crippen LogP contribution < -0.4 is 4.90 Å². The van der Waals surface area contributed by atoms with E-state index in [1.165, 1.54) is 23.5 Å². The first kappa shape index (κ1) is 25.4. The van der Waals surface area contributed by atoms with Crippen LogP contribution in [-0.2, 0) is 25.8 Å². The monoisotopic (exact) mass is 497 g/mol. The number of carbonyl (C=O) groups is 2. The van der Waals surface area contributed by atoms with Crippen LogP contribution in [-0.4, -0.2) is 70.9 Å². The first-order valence-corrected chi connectivity index (χ1v) is 17.0. The molecule has 0 spiro atoms. The first-order chi connectivity index (χ1) is 14.9. The summed E-state index contributed by atoms with van der Waals surface area (Å²) in [5.41, 5.74) is 0.868. The number of rotatable bonds is 8. The fraction of sp³-hybridized carbons (Fsp3) is 0.682. The van der Waals surface area contributed by atoms with Crippen molar-refractivity contribution < 1.29 is 19.1 Å². The van der Waals surface area contributed by atoms with Gasteiger partial charge in [-0.1, -0.05) is 19.6 Å². The Bertz CT molecular complexity index is 888. The van der Waals surface area contributed by atoms with E-state index in [-0.39, 0.29) is 17.0 Å². The molecular weight excluding hydrogens is 462 g/mol. The molecule has 2 unspecified atom stereocenters. The van der Waals surface area contributed by atoms with E-state index in [1.807, 2.05) is 39.3 Å². The van der Waals surface area contributed by atoms with E-state index in [2.05, 4.69) is 24.5 Å². The molecule has 0 saturated heterocycles. The Balaban J connectivity index is 1.78. The lowest BCUT2D eigenvalue weighted by atomic mass is 9.97. The summed E-state index contributed by atoms with van der Waals surface area (Å²) < 4.78 is 13.2. The van der Waals surface area contributed by atoms with Crippen LogP contribution in [0.2, 0.25) is 25.7 Å². The lowest BCUT2D eigenvalue weighted by Crippen LogP contribution is -2.44. The molecule has 0 N–H and O–H groups in total. The minimum Gasteiger partial charge on any atom is -0.459 e. The molecule has 0 aromatic carbocycles. The molecule has 32 heavy (non-hydrogen) atoms. The lowest BCUT2D eigenvalue weighted by molar-refractivity contribution is -0.153. The van der Waals surface area contributed by atoms with E-state index < -0.39 is 18.9 Å². The van der Waals surface area contributed by atoms with Gasteiger partial charge < -0.3 is 14.4 Å². The van der Waals surface area contributed by atoms with Gasteiger partial charge in [0.15, 0.2) is 11.6 Å². The van der Waals surface area contributed by atoms with Gasteiger partial charge in [0.25, 0.3) is 0 Å². The molecule has 2 atom stereocenters. The Morgan fingerprint density at radius 2 is 2.06 bits per heavy atom. The summed E-state index contributed by atoms with van der Waals surface area (Å²) >= 11 is 2.97. The number of carbonyl (C=O) groups excluding carboxylic acids is 2. The van der Waals surface area contributed by atoms with Crippen molar-refractivity contribution in [3.63, 3.8) is 0 Å². The molecule has 2 aliphatic heterocycles. The van der Waals surface area contributed by atoms with Crippen LogP contribution in [0, 0.1) is 0 Å². The average Bonchev–Trinajstić information content (AvgIpc) is 3.31. The second kappa shape index (κ2) is 9.95. The Labute approximate surface area is 200 Å². The van der Waals surface area contributed by atoms with E-state index in [4.69, 9.17) is 14.6 Å². The maximum atomic E-state index is 13.2. The van der Waals surface area contributed by atoms with E-state index in [0.717, 1.165) is 24.2 Å². The number of ketones is 1. The predicted molar refractivity (Wildman–Crippen MR) is 135 cm³/mol. The number of esters is 1. The highest BCUT2D eigenvalue weighted by molar-refractivity contribution is 8.01. The average molecular weight is 498 g/mol. The predicted octanol–water partition coefficient (Wildman–Crippen LogP) is 4.03. The van der Waals surface area contributed by atoms with Crippen molar-refractivity contribution in [2.45, 2.75) is 69.3 Å². The Morgan fingerprint density at radius 3 is 2.69 bits per heavy atom. The van der Waals surface area contributed by atoms with E-state index in [0.29, 0.717) is 24.6 Å². The Hall–Kier alpha value is -1.23. The molecule has 0 amide bonds. The third-order valence-electron chi connectivity index (χ3n) is 5.22. The highest BCUT2D eigenvalue weighted by Crippen LogP contribution is 2.42. The summed E-state index contributed by atoms with van der Waals surface area (Å²) in [6.07, 6.45) is 3.84. The summed E-state index contributed by atoms with van der Waals surface area (Å²) in [4.78, 5) is 28.1. The van der Waals surface area contributed by atoms with Gasteiger partial charge in [0.1, 0.15) is 17.6 Å². The van der Waals surface area contributed by atoms with Gasteiger partial charge in [-0.2, -0.15) is 16.9 Å².